The molecule has 0 aliphatic heterocycles. The summed E-state index contributed by atoms with van der Waals surface area (Å²) in [6.07, 6.45) is 3.65. The first-order chi connectivity index (χ1) is 8.66. The van der Waals surface area contributed by atoms with E-state index in [1.165, 1.54) is 11.1 Å². The van der Waals surface area contributed by atoms with Gasteiger partial charge in [-0.2, -0.15) is 0 Å². The summed E-state index contributed by atoms with van der Waals surface area (Å²) in [4.78, 5) is 4.06. The van der Waals surface area contributed by atoms with Gasteiger partial charge in [0.25, 0.3) is 0 Å². The van der Waals surface area contributed by atoms with Gasteiger partial charge in [0.2, 0.25) is 0 Å². The zero-order valence-electron chi connectivity index (χ0n) is 10.2. The lowest BCUT2D eigenvalue weighted by Gasteiger charge is -2.09. The van der Waals surface area contributed by atoms with Crippen molar-refractivity contribution in [2.24, 2.45) is 0 Å². The number of rotatable bonds is 4. The van der Waals surface area contributed by atoms with Crippen molar-refractivity contribution in [1.29, 1.82) is 0 Å². The van der Waals surface area contributed by atoms with Crippen LogP contribution in [0.15, 0.2) is 41.1 Å². The maximum Gasteiger partial charge on any atom is 0.120 e. The third-order valence-corrected chi connectivity index (χ3v) is 3.30. The van der Waals surface area contributed by atoms with E-state index < -0.39 is 0 Å². The third-order valence-electron chi connectivity index (χ3n) is 2.81. The Bertz CT molecular complexity index is 543. The fourth-order valence-electron chi connectivity index (χ4n) is 1.73. The van der Waals surface area contributed by atoms with Crippen LogP contribution >= 0.6 is 15.9 Å². The average Bonchev–Trinajstić information content (AvgIpc) is 2.36. The monoisotopic (exact) mass is 306 g/mol. The summed E-state index contributed by atoms with van der Waals surface area (Å²) in [7, 11) is 0. The van der Waals surface area contributed by atoms with Crippen LogP contribution in [0.25, 0.3) is 0 Å². The van der Waals surface area contributed by atoms with Crippen LogP contribution in [0.1, 0.15) is 16.7 Å². The Labute approximate surface area is 115 Å². The van der Waals surface area contributed by atoms with Gasteiger partial charge in [0.1, 0.15) is 5.75 Å². The van der Waals surface area contributed by atoms with Gasteiger partial charge >= 0.3 is 0 Å². The highest BCUT2D eigenvalue weighted by atomic mass is 79.9. The first-order valence-corrected chi connectivity index (χ1v) is 6.53. The molecule has 1 aromatic carbocycles. The summed E-state index contributed by atoms with van der Waals surface area (Å²) in [6, 6.07) is 7.44. The van der Waals surface area contributed by atoms with Crippen LogP contribution in [0.2, 0.25) is 0 Å². The Hall–Kier alpha value is -1.39. The molecular formula is C14H15BrN2O. The lowest BCUT2D eigenvalue weighted by atomic mass is 10.1. The van der Waals surface area contributed by atoms with Gasteiger partial charge in [-0.3, -0.25) is 4.98 Å². The fraction of sp³-hybridized carbons (Fsp3) is 0.214. The predicted octanol–water partition coefficient (Wildman–Crippen LogP) is 3.15. The van der Waals surface area contributed by atoms with Crippen molar-refractivity contribution in [2.75, 3.05) is 0 Å². The largest absolute Gasteiger partial charge is 0.508 e. The lowest BCUT2D eigenvalue weighted by molar-refractivity contribution is 0.464. The quantitative estimate of drug-likeness (QED) is 0.912. The van der Waals surface area contributed by atoms with Gasteiger partial charge in [0.05, 0.1) is 0 Å². The van der Waals surface area contributed by atoms with Crippen LogP contribution in [0.5, 0.6) is 5.75 Å². The van der Waals surface area contributed by atoms with Gasteiger partial charge in [0.15, 0.2) is 0 Å². The number of aryl methyl sites for hydroxylation is 1. The SMILES string of the molecule is Cc1cnccc1CNCc1cc(Br)ccc1O. The van der Waals surface area contributed by atoms with E-state index in [4.69, 9.17) is 0 Å². The van der Waals surface area contributed by atoms with Crippen molar-refractivity contribution in [3.05, 3.63) is 57.8 Å². The van der Waals surface area contributed by atoms with E-state index in [1.807, 2.05) is 31.3 Å². The molecular weight excluding hydrogens is 292 g/mol. The van der Waals surface area contributed by atoms with Crippen LogP contribution in [-0.2, 0) is 13.1 Å². The summed E-state index contributed by atoms with van der Waals surface area (Å²) < 4.78 is 0.970. The number of phenolic OH excluding ortho intramolecular Hbond substituents is 1. The van der Waals surface area contributed by atoms with Crippen molar-refractivity contribution in [3.63, 3.8) is 0 Å². The molecule has 2 rings (SSSR count). The minimum absolute atomic E-state index is 0.317. The summed E-state index contributed by atoms with van der Waals surface area (Å²) in [5, 5.41) is 13.0. The number of pyridine rings is 1. The molecule has 0 unspecified atom stereocenters. The Morgan fingerprint density at radius 1 is 1.22 bits per heavy atom. The Morgan fingerprint density at radius 2 is 2.00 bits per heavy atom. The number of nitrogens with zero attached hydrogens (tertiary/aromatic N) is 1. The highest BCUT2D eigenvalue weighted by Crippen LogP contribution is 2.21. The molecule has 18 heavy (non-hydrogen) atoms. The molecule has 4 heteroatoms. The van der Waals surface area contributed by atoms with Crippen LogP contribution in [-0.4, -0.2) is 10.1 Å². The van der Waals surface area contributed by atoms with Crippen LogP contribution in [0.4, 0.5) is 0 Å². The normalized spacial score (nSPS) is 10.6. The number of nitrogens with one attached hydrogen (secondary N) is 1. The first kappa shape index (κ1) is 13.1. The molecule has 1 aromatic heterocycles. The molecule has 1 heterocycles. The molecule has 0 atom stereocenters. The maximum absolute atomic E-state index is 9.72. The topological polar surface area (TPSA) is 45.2 Å². The highest BCUT2D eigenvalue weighted by Gasteiger charge is 2.02. The third kappa shape index (κ3) is 3.31. The van der Waals surface area contributed by atoms with E-state index in [2.05, 4.69) is 26.2 Å². The van der Waals surface area contributed by atoms with Gasteiger partial charge in [-0.05, 0) is 42.3 Å². The smallest absolute Gasteiger partial charge is 0.120 e. The summed E-state index contributed by atoms with van der Waals surface area (Å²) in [5.74, 6) is 0.317. The number of halogens is 1. The Balaban J connectivity index is 1.96. The molecule has 2 N–H and O–H groups in total. The Morgan fingerprint density at radius 3 is 2.78 bits per heavy atom. The van der Waals surface area contributed by atoms with Crippen molar-refractivity contribution in [3.8, 4) is 5.75 Å². The van der Waals surface area contributed by atoms with Gasteiger partial charge in [-0.25, -0.2) is 0 Å². The number of hydrogen-bond acceptors (Lipinski definition) is 3. The molecule has 0 spiro atoms. The molecule has 0 saturated heterocycles. The average molecular weight is 307 g/mol. The van der Waals surface area contributed by atoms with Crippen molar-refractivity contribution in [2.45, 2.75) is 20.0 Å². The number of phenols is 1. The lowest BCUT2D eigenvalue weighted by Crippen LogP contribution is -2.13. The van der Waals surface area contributed by atoms with E-state index in [0.717, 1.165) is 16.6 Å². The van der Waals surface area contributed by atoms with E-state index >= 15 is 0 Å². The van der Waals surface area contributed by atoms with Crippen LogP contribution < -0.4 is 5.32 Å². The molecule has 0 saturated carbocycles. The number of aromatic hydroxyl groups is 1. The molecule has 0 bridgehead atoms. The second kappa shape index (κ2) is 5.98. The number of benzene rings is 1. The van der Waals surface area contributed by atoms with Crippen molar-refractivity contribution >= 4 is 15.9 Å². The van der Waals surface area contributed by atoms with Gasteiger partial charge in [-0.15, -0.1) is 0 Å². The predicted molar refractivity (Wildman–Crippen MR) is 75.3 cm³/mol. The number of hydrogen-bond donors (Lipinski definition) is 2. The van der Waals surface area contributed by atoms with Gasteiger partial charge in [0, 0.05) is 35.5 Å². The van der Waals surface area contributed by atoms with Crippen LogP contribution in [0, 0.1) is 6.92 Å². The van der Waals surface area contributed by atoms with E-state index in [1.54, 1.807) is 12.3 Å². The van der Waals surface area contributed by atoms with Crippen LogP contribution in [0.3, 0.4) is 0 Å². The standard InChI is InChI=1S/C14H15BrN2O/c1-10-7-16-5-4-11(10)8-17-9-12-6-13(15)2-3-14(12)18/h2-7,17-18H,8-9H2,1H3. The maximum atomic E-state index is 9.72. The van der Waals surface area contributed by atoms with Gasteiger partial charge < -0.3 is 10.4 Å². The minimum atomic E-state index is 0.317. The van der Waals surface area contributed by atoms with E-state index in [9.17, 15) is 5.11 Å². The second-order valence-corrected chi connectivity index (χ2v) is 5.09. The van der Waals surface area contributed by atoms with E-state index in [-0.39, 0.29) is 0 Å². The minimum Gasteiger partial charge on any atom is -0.508 e. The summed E-state index contributed by atoms with van der Waals surface area (Å²) in [5.41, 5.74) is 3.28. The molecule has 94 valence electrons. The zero-order valence-corrected chi connectivity index (χ0v) is 11.7. The Kier molecular flexibility index (Phi) is 4.33. The summed E-state index contributed by atoms with van der Waals surface area (Å²) in [6.45, 7) is 3.44. The fourth-order valence-corrected chi connectivity index (χ4v) is 2.14. The second-order valence-electron chi connectivity index (χ2n) is 4.18. The van der Waals surface area contributed by atoms with Gasteiger partial charge in [-0.1, -0.05) is 15.9 Å². The molecule has 2 aromatic rings. The highest BCUT2D eigenvalue weighted by molar-refractivity contribution is 9.10. The summed E-state index contributed by atoms with van der Waals surface area (Å²) >= 11 is 3.40. The zero-order chi connectivity index (χ0) is 13.0. The first-order valence-electron chi connectivity index (χ1n) is 5.74. The molecule has 0 radical (unpaired) electrons. The molecule has 0 aliphatic rings. The van der Waals surface area contributed by atoms with E-state index in [0.29, 0.717) is 12.3 Å². The molecule has 0 amide bonds. The number of aromatic nitrogens is 1. The molecule has 0 aliphatic carbocycles. The van der Waals surface area contributed by atoms with Crippen molar-refractivity contribution < 1.29 is 5.11 Å². The molecule has 0 fully saturated rings. The molecule has 3 nitrogen and oxygen atoms in total. The van der Waals surface area contributed by atoms with Crippen molar-refractivity contribution in [1.82, 2.24) is 10.3 Å².